The Balaban J connectivity index is 0.807. The molecule has 11 rings (SSSR count). The Morgan fingerprint density at radius 1 is 0.291 bits per heavy atom. The van der Waals surface area contributed by atoms with Gasteiger partial charge in [-0.25, -0.2) is 0 Å². The summed E-state index contributed by atoms with van der Waals surface area (Å²) in [6.07, 6.45) is 51.9. The first kappa shape index (κ1) is 38.6. The average molecular weight is 788 g/mol. The van der Waals surface area contributed by atoms with Crippen LogP contribution in [0.3, 0.4) is 0 Å². The maximum Gasteiger partial charge on any atom is 0.0237 e. The minimum absolute atomic E-state index is 0.912. The van der Waals surface area contributed by atoms with Crippen molar-refractivity contribution in [3.8, 4) is 0 Å². The van der Waals surface area contributed by atoms with Crippen molar-refractivity contribution in [3.05, 3.63) is 0 Å². The van der Waals surface area contributed by atoms with E-state index in [-0.39, 0.29) is 0 Å². The Bertz CT molecular complexity index is 1240. The molecule has 2 aliphatic heterocycles. The molecule has 9 saturated carbocycles. The summed E-state index contributed by atoms with van der Waals surface area (Å²) < 4.78 is 0. The predicted octanol–water partition coefficient (Wildman–Crippen LogP) is 14.8. The molecule has 0 aromatic heterocycles. The van der Waals surface area contributed by atoms with Crippen LogP contribution in [-0.4, -0.2) is 44.0 Å². The van der Waals surface area contributed by atoms with Crippen molar-refractivity contribution >= 4 is 23.5 Å². The fourth-order valence-corrected chi connectivity index (χ4v) is 23.4. The number of thioether (sulfide) groups is 2. The summed E-state index contributed by atoms with van der Waals surface area (Å²) in [4.78, 5) is 3.47. The lowest BCUT2D eigenvalue weighted by Gasteiger charge is -2.52. The molecule has 13 unspecified atom stereocenters. The zero-order valence-corrected chi connectivity index (χ0v) is 37.2. The molecule has 0 N–H and O–H groups in total. The SMILES string of the molecule is C1CCC(C2CCC(N(C3CCC(C4CCCC(C5CCCCC5)C4)CC3)C3CCCC4C5CCC6SC7C8CCCCC8CCC7C6C5SC43)CC2)CC1. The third-order valence-corrected chi connectivity index (χ3v) is 24.9. The van der Waals surface area contributed by atoms with Gasteiger partial charge in [0, 0.05) is 39.1 Å². The van der Waals surface area contributed by atoms with Gasteiger partial charge in [0.1, 0.15) is 0 Å². The Hall–Kier alpha value is 0.660. The van der Waals surface area contributed by atoms with Crippen LogP contribution in [0.1, 0.15) is 212 Å². The second kappa shape index (κ2) is 17.2. The maximum absolute atomic E-state index is 3.47. The van der Waals surface area contributed by atoms with Crippen molar-refractivity contribution in [2.45, 2.75) is 251 Å². The van der Waals surface area contributed by atoms with Gasteiger partial charge in [0.05, 0.1) is 0 Å². The highest BCUT2D eigenvalue weighted by molar-refractivity contribution is 8.02. The van der Waals surface area contributed by atoms with E-state index in [1.807, 2.05) is 0 Å². The van der Waals surface area contributed by atoms with Gasteiger partial charge in [0.25, 0.3) is 0 Å². The van der Waals surface area contributed by atoms with Crippen LogP contribution in [0.25, 0.3) is 0 Å². The van der Waals surface area contributed by atoms with Gasteiger partial charge in [0.2, 0.25) is 0 Å². The first-order valence-electron chi connectivity index (χ1n) is 26.3. The van der Waals surface area contributed by atoms with Crippen molar-refractivity contribution in [2.24, 2.45) is 71.0 Å². The highest BCUT2D eigenvalue weighted by atomic mass is 32.2. The molecule has 1 nitrogen and oxygen atoms in total. The third kappa shape index (κ3) is 7.55. The van der Waals surface area contributed by atoms with Gasteiger partial charge in [-0.2, -0.15) is 23.5 Å². The van der Waals surface area contributed by atoms with E-state index in [1.54, 1.807) is 186 Å². The van der Waals surface area contributed by atoms with Crippen LogP contribution >= 0.6 is 23.5 Å². The van der Waals surface area contributed by atoms with Crippen molar-refractivity contribution in [1.29, 1.82) is 0 Å². The van der Waals surface area contributed by atoms with E-state index in [0.29, 0.717) is 0 Å². The van der Waals surface area contributed by atoms with Gasteiger partial charge in [0.15, 0.2) is 0 Å². The monoisotopic (exact) mass is 788 g/mol. The molecular weight excluding hydrogens is 703 g/mol. The van der Waals surface area contributed by atoms with Crippen LogP contribution in [0.2, 0.25) is 0 Å². The number of nitrogens with zero attached hydrogens (tertiary/aromatic N) is 1. The van der Waals surface area contributed by atoms with Crippen LogP contribution in [0.4, 0.5) is 0 Å². The van der Waals surface area contributed by atoms with Gasteiger partial charge in [-0.15, -0.1) is 0 Å². The summed E-state index contributed by atoms with van der Waals surface area (Å²) in [6.45, 7) is 0. The molecule has 55 heavy (non-hydrogen) atoms. The Kier molecular flexibility index (Phi) is 12.1. The molecule has 0 spiro atoms. The first-order chi connectivity index (χ1) is 27.3. The molecule has 2 heterocycles. The van der Waals surface area contributed by atoms with Crippen molar-refractivity contribution in [2.75, 3.05) is 0 Å². The summed E-state index contributed by atoms with van der Waals surface area (Å²) in [6, 6.07) is 2.74. The van der Waals surface area contributed by atoms with E-state index < -0.39 is 0 Å². The van der Waals surface area contributed by atoms with E-state index in [1.165, 1.54) is 25.7 Å². The normalized spacial score (nSPS) is 51.1. The van der Waals surface area contributed by atoms with Crippen LogP contribution in [0, 0.1) is 71.0 Å². The first-order valence-corrected chi connectivity index (χ1v) is 28.2. The number of fused-ring (bicyclic) bond motifs is 9. The Morgan fingerprint density at radius 2 is 0.782 bits per heavy atom. The lowest BCUT2D eigenvalue weighted by molar-refractivity contribution is -0.0118. The summed E-state index contributed by atoms with van der Waals surface area (Å²) >= 11 is 5.32. The molecule has 11 aliphatic rings. The fourth-order valence-electron chi connectivity index (χ4n) is 18.5. The molecule has 0 aromatic rings. The van der Waals surface area contributed by atoms with Gasteiger partial charge in [-0.05, 0) is 174 Å². The summed E-state index contributed by atoms with van der Waals surface area (Å²) in [7, 11) is 0. The predicted molar refractivity (Wildman–Crippen MR) is 238 cm³/mol. The summed E-state index contributed by atoms with van der Waals surface area (Å²) in [5, 5.41) is 4.09. The van der Waals surface area contributed by atoms with Crippen LogP contribution in [-0.2, 0) is 0 Å². The second-order valence-electron chi connectivity index (χ2n) is 23.2. The lowest BCUT2D eigenvalue weighted by atomic mass is 9.60. The maximum atomic E-state index is 3.47. The molecule has 0 aromatic carbocycles. The summed E-state index contributed by atoms with van der Waals surface area (Å²) in [5.74, 6) is 13.0. The van der Waals surface area contributed by atoms with Crippen LogP contribution < -0.4 is 0 Å². The zero-order valence-electron chi connectivity index (χ0n) is 35.6. The van der Waals surface area contributed by atoms with E-state index in [2.05, 4.69) is 28.4 Å². The molecule has 2 saturated heterocycles. The Morgan fingerprint density at radius 3 is 1.49 bits per heavy atom. The molecule has 3 heteroatoms. The topological polar surface area (TPSA) is 3.24 Å². The minimum atomic E-state index is 0.912. The number of hydrogen-bond donors (Lipinski definition) is 0. The lowest BCUT2D eigenvalue weighted by Crippen LogP contribution is -2.57. The highest BCUT2D eigenvalue weighted by Crippen LogP contribution is 2.67. The quantitative estimate of drug-likeness (QED) is 0.264. The molecule has 0 radical (unpaired) electrons. The average Bonchev–Trinajstić information content (AvgIpc) is 3.84. The van der Waals surface area contributed by atoms with Crippen LogP contribution in [0.5, 0.6) is 0 Å². The zero-order chi connectivity index (χ0) is 36.3. The van der Waals surface area contributed by atoms with E-state index in [9.17, 15) is 0 Å². The molecule has 0 amide bonds. The van der Waals surface area contributed by atoms with Gasteiger partial charge >= 0.3 is 0 Å². The summed E-state index contributed by atoms with van der Waals surface area (Å²) in [5.41, 5.74) is 0. The fraction of sp³-hybridized carbons (Fsp3) is 1.00. The smallest absolute Gasteiger partial charge is 0.0237 e. The van der Waals surface area contributed by atoms with Gasteiger partial charge in [-0.1, -0.05) is 109 Å². The molecule has 310 valence electrons. The number of hydrogen-bond acceptors (Lipinski definition) is 3. The van der Waals surface area contributed by atoms with Crippen molar-refractivity contribution in [1.82, 2.24) is 4.90 Å². The molecule has 9 aliphatic carbocycles. The largest absolute Gasteiger partial charge is 0.293 e. The minimum Gasteiger partial charge on any atom is -0.293 e. The van der Waals surface area contributed by atoms with Crippen LogP contribution in [0.15, 0.2) is 0 Å². The highest BCUT2D eigenvalue weighted by Gasteiger charge is 2.61. The Labute approximate surface area is 348 Å². The second-order valence-corrected chi connectivity index (χ2v) is 26.0. The van der Waals surface area contributed by atoms with Crippen molar-refractivity contribution < 1.29 is 0 Å². The third-order valence-electron chi connectivity index (χ3n) is 21.0. The van der Waals surface area contributed by atoms with E-state index in [4.69, 9.17) is 0 Å². The standard InChI is InChI=1S/C52H85NS2/c1-3-11-34(12-4-1)36-21-26-41(27-22-36)53(42-28-23-37(24-29-42)40-17-9-16-39(33-40)35-13-5-2-6-14-35)47-20-10-19-44-45-31-32-48-49(52(45)55-51(44)47)46-30-25-38-15-7-8-18-43(38)50(46)54-48/h34-52H,1-33H2. The van der Waals surface area contributed by atoms with Gasteiger partial charge in [-0.3, -0.25) is 4.90 Å². The number of rotatable bonds is 6. The van der Waals surface area contributed by atoms with Crippen molar-refractivity contribution in [3.63, 3.8) is 0 Å². The molecular formula is C52H85NS2. The van der Waals surface area contributed by atoms with Gasteiger partial charge < -0.3 is 0 Å². The molecule has 0 bridgehead atoms. The van der Waals surface area contributed by atoms with E-state index >= 15 is 0 Å². The molecule has 13 atom stereocenters. The molecule has 11 fully saturated rings. The van der Waals surface area contributed by atoms with E-state index in [0.717, 1.165) is 110 Å².